The van der Waals surface area contributed by atoms with Crippen molar-refractivity contribution in [3.05, 3.63) is 51.5 Å². The Bertz CT molecular complexity index is 608. The van der Waals surface area contributed by atoms with Crippen LogP contribution in [0.4, 0.5) is 8.78 Å². The summed E-state index contributed by atoms with van der Waals surface area (Å²) < 4.78 is 31.1. The Morgan fingerprint density at radius 3 is 2.67 bits per heavy atom. The van der Waals surface area contributed by atoms with Crippen molar-refractivity contribution in [1.82, 2.24) is 4.98 Å². The topological polar surface area (TPSA) is 39.2 Å². The minimum atomic E-state index is -0.593. The Morgan fingerprint density at radius 1 is 1.29 bits per heavy atom. The van der Waals surface area contributed by atoms with Crippen molar-refractivity contribution >= 4 is 17.3 Å². The van der Waals surface area contributed by atoms with Crippen LogP contribution >= 0.6 is 11.3 Å². The molecule has 0 atom stereocenters. The summed E-state index contributed by atoms with van der Waals surface area (Å²) in [6.07, 6.45) is 1.16. The molecule has 0 spiro atoms. The lowest BCUT2D eigenvalue weighted by molar-refractivity contribution is -0.143. The van der Waals surface area contributed by atoms with Gasteiger partial charge in [-0.25, -0.2) is 13.8 Å². The molecular formula is C15H15F2NO2S. The number of esters is 1. The maximum absolute atomic E-state index is 13.1. The van der Waals surface area contributed by atoms with Crippen LogP contribution in [-0.4, -0.2) is 17.6 Å². The Balaban J connectivity index is 1.95. The number of thiazole rings is 1. The van der Waals surface area contributed by atoms with Crippen LogP contribution in [0.1, 0.15) is 29.6 Å². The molecule has 1 heterocycles. The van der Waals surface area contributed by atoms with Crippen molar-refractivity contribution in [2.24, 2.45) is 0 Å². The second kappa shape index (κ2) is 7.26. The van der Waals surface area contributed by atoms with E-state index in [4.69, 9.17) is 4.74 Å². The highest BCUT2D eigenvalue weighted by molar-refractivity contribution is 7.09. The maximum atomic E-state index is 13.1. The van der Waals surface area contributed by atoms with Crippen molar-refractivity contribution in [2.75, 3.05) is 6.61 Å². The highest BCUT2D eigenvalue weighted by atomic mass is 32.1. The number of aromatic nitrogens is 1. The first-order valence-electron chi connectivity index (χ1n) is 6.60. The number of carbonyl (C=O) groups is 1. The summed E-state index contributed by atoms with van der Waals surface area (Å²) in [4.78, 5) is 15.6. The normalized spacial score (nSPS) is 10.6. The molecule has 2 rings (SSSR count). The van der Waals surface area contributed by atoms with Crippen molar-refractivity contribution in [3.63, 3.8) is 0 Å². The molecule has 0 fully saturated rings. The van der Waals surface area contributed by atoms with Gasteiger partial charge in [-0.2, -0.15) is 0 Å². The fraction of sp³-hybridized carbons (Fsp3) is 0.333. The van der Waals surface area contributed by atoms with Gasteiger partial charge in [-0.3, -0.25) is 4.79 Å². The molecule has 0 bridgehead atoms. The number of carbonyl (C=O) groups excluding carboxylic acids is 1. The number of hydrogen-bond donors (Lipinski definition) is 0. The quantitative estimate of drug-likeness (QED) is 0.766. The van der Waals surface area contributed by atoms with E-state index in [0.717, 1.165) is 16.8 Å². The molecular weight excluding hydrogens is 296 g/mol. The predicted molar refractivity (Wildman–Crippen MR) is 76.2 cm³/mol. The molecule has 0 saturated carbocycles. The van der Waals surface area contributed by atoms with Gasteiger partial charge >= 0.3 is 5.97 Å². The highest BCUT2D eigenvalue weighted by Gasteiger charge is 2.08. The zero-order chi connectivity index (χ0) is 15.2. The van der Waals surface area contributed by atoms with Crippen LogP contribution in [-0.2, 0) is 22.4 Å². The fourth-order valence-corrected chi connectivity index (χ4v) is 2.76. The van der Waals surface area contributed by atoms with Gasteiger partial charge in [0.05, 0.1) is 23.7 Å². The van der Waals surface area contributed by atoms with Crippen LogP contribution in [0.3, 0.4) is 0 Å². The van der Waals surface area contributed by atoms with E-state index >= 15 is 0 Å². The molecule has 0 unspecified atom stereocenters. The summed E-state index contributed by atoms with van der Waals surface area (Å²) in [5.74, 6) is -1.44. The van der Waals surface area contributed by atoms with Crippen LogP contribution in [0.2, 0.25) is 0 Å². The average Bonchev–Trinajstić information content (AvgIpc) is 2.83. The van der Waals surface area contributed by atoms with Gasteiger partial charge in [-0.1, -0.05) is 0 Å². The summed E-state index contributed by atoms with van der Waals surface area (Å²) in [7, 11) is 0. The Kier molecular flexibility index (Phi) is 5.38. The Labute approximate surface area is 125 Å². The van der Waals surface area contributed by atoms with Gasteiger partial charge < -0.3 is 4.74 Å². The van der Waals surface area contributed by atoms with Gasteiger partial charge in [0.2, 0.25) is 0 Å². The standard InChI is InChI=1S/C15H15F2NO2S/c1-2-20-15(19)4-3-13-9-21-14(18-13)7-10-5-11(16)8-12(17)6-10/h5-6,8-9H,2-4,7H2,1H3. The lowest BCUT2D eigenvalue weighted by Crippen LogP contribution is -2.05. The molecule has 3 nitrogen and oxygen atoms in total. The average molecular weight is 311 g/mol. The van der Waals surface area contributed by atoms with Gasteiger partial charge in [0, 0.05) is 24.3 Å². The van der Waals surface area contributed by atoms with E-state index in [1.165, 1.54) is 23.5 Å². The van der Waals surface area contributed by atoms with Crippen molar-refractivity contribution < 1.29 is 18.3 Å². The van der Waals surface area contributed by atoms with E-state index < -0.39 is 11.6 Å². The summed E-state index contributed by atoms with van der Waals surface area (Å²) in [6.45, 7) is 2.13. The molecule has 21 heavy (non-hydrogen) atoms. The van der Waals surface area contributed by atoms with Crippen molar-refractivity contribution in [2.45, 2.75) is 26.2 Å². The fourth-order valence-electron chi connectivity index (χ4n) is 1.90. The second-order valence-corrected chi connectivity index (χ2v) is 5.43. The van der Waals surface area contributed by atoms with Crippen LogP contribution < -0.4 is 0 Å². The lowest BCUT2D eigenvalue weighted by Gasteiger charge is -2.00. The number of benzene rings is 1. The second-order valence-electron chi connectivity index (χ2n) is 4.49. The Hall–Kier alpha value is -1.82. The van der Waals surface area contributed by atoms with Crippen molar-refractivity contribution in [1.29, 1.82) is 0 Å². The van der Waals surface area contributed by atoms with Gasteiger partial charge in [-0.05, 0) is 24.6 Å². The number of aryl methyl sites for hydroxylation is 1. The molecule has 0 aliphatic carbocycles. The molecule has 1 aromatic carbocycles. The monoisotopic (exact) mass is 311 g/mol. The molecule has 0 radical (unpaired) electrons. The third kappa shape index (κ3) is 4.90. The molecule has 6 heteroatoms. The molecule has 2 aromatic rings. The zero-order valence-corrected chi connectivity index (χ0v) is 12.4. The molecule has 1 aromatic heterocycles. The maximum Gasteiger partial charge on any atom is 0.306 e. The minimum Gasteiger partial charge on any atom is -0.466 e. The summed E-state index contributed by atoms with van der Waals surface area (Å²) >= 11 is 1.41. The van der Waals surface area contributed by atoms with E-state index in [1.54, 1.807) is 6.92 Å². The first-order valence-corrected chi connectivity index (χ1v) is 7.48. The van der Waals surface area contributed by atoms with Crippen LogP contribution in [0, 0.1) is 11.6 Å². The largest absolute Gasteiger partial charge is 0.466 e. The number of ether oxygens (including phenoxy) is 1. The summed E-state index contributed by atoms with van der Waals surface area (Å²) in [5.41, 5.74) is 1.33. The number of rotatable bonds is 6. The smallest absolute Gasteiger partial charge is 0.306 e. The SMILES string of the molecule is CCOC(=O)CCc1csc(Cc2cc(F)cc(F)c2)n1. The Morgan fingerprint density at radius 2 is 2.00 bits per heavy atom. The minimum absolute atomic E-state index is 0.251. The van der Waals surface area contributed by atoms with Gasteiger partial charge in [0.15, 0.2) is 0 Å². The number of halogens is 2. The molecule has 0 amide bonds. The zero-order valence-electron chi connectivity index (χ0n) is 11.6. The van der Waals surface area contributed by atoms with Crippen molar-refractivity contribution in [3.8, 4) is 0 Å². The molecule has 112 valence electrons. The van der Waals surface area contributed by atoms with Crippen LogP contribution in [0.15, 0.2) is 23.6 Å². The van der Waals surface area contributed by atoms with Crippen LogP contribution in [0.25, 0.3) is 0 Å². The summed E-state index contributed by atoms with van der Waals surface area (Å²) in [5, 5.41) is 2.61. The highest BCUT2D eigenvalue weighted by Crippen LogP contribution is 2.17. The van der Waals surface area contributed by atoms with E-state index in [1.807, 2.05) is 5.38 Å². The summed E-state index contributed by atoms with van der Waals surface area (Å²) in [6, 6.07) is 3.43. The lowest BCUT2D eigenvalue weighted by atomic mass is 10.1. The van der Waals surface area contributed by atoms with E-state index in [-0.39, 0.29) is 12.4 Å². The van der Waals surface area contributed by atoms with Gasteiger partial charge in [0.25, 0.3) is 0 Å². The molecule has 0 aliphatic heterocycles. The molecule has 0 saturated heterocycles. The third-order valence-electron chi connectivity index (χ3n) is 2.77. The number of nitrogens with zero attached hydrogens (tertiary/aromatic N) is 1. The predicted octanol–water partition coefficient (Wildman–Crippen LogP) is 3.51. The first-order chi connectivity index (χ1) is 10.1. The van der Waals surface area contributed by atoms with E-state index in [2.05, 4.69) is 4.98 Å². The van der Waals surface area contributed by atoms with Crippen LogP contribution in [0.5, 0.6) is 0 Å². The molecule has 0 aliphatic rings. The van der Waals surface area contributed by atoms with E-state index in [9.17, 15) is 13.6 Å². The van der Waals surface area contributed by atoms with Gasteiger partial charge in [0.1, 0.15) is 11.6 Å². The van der Waals surface area contributed by atoms with Gasteiger partial charge in [-0.15, -0.1) is 11.3 Å². The molecule has 0 N–H and O–H groups in total. The third-order valence-corrected chi connectivity index (χ3v) is 3.67. The number of hydrogen-bond acceptors (Lipinski definition) is 4. The first kappa shape index (κ1) is 15.6. The van der Waals surface area contributed by atoms with E-state index in [0.29, 0.717) is 25.0 Å².